The fourth-order valence-electron chi connectivity index (χ4n) is 4.77. The Labute approximate surface area is 204 Å². The number of anilines is 1. The van der Waals surface area contributed by atoms with Crippen LogP contribution >= 0.6 is 0 Å². The minimum absolute atomic E-state index is 0.0479. The van der Waals surface area contributed by atoms with Gasteiger partial charge in [0.25, 0.3) is 5.71 Å². The number of fused-ring (bicyclic) bond motifs is 1. The summed E-state index contributed by atoms with van der Waals surface area (Å²) in [6.07, 6.45) is 1.95. The zero-order chi connectivity index (χ0) is 23.8. The predicted octanol–water partition coefficient (Wildman–Crippen LogP) is 3.61. The summed E-state index contributed by atoms with van der Waals surface area (Å²) < 4.78 is 19.2. The number of nitrogens with zero attached hydrogens (tertiary/aromatic N) is 6. The second-order valence-electron chi connectivity index (χ2n) is 9.14. The van der Waals surface area contributed by atoms with Crippen LogP contribution in [0.3, 0.4) is 0 Å². The van der Waals surface area contributed by atoms with Crippen LogP contribution in [-0.2, 0) is 9.47 Å². The molecule has 4 aromatic rings. The van der Waals surface area contributed by atoms with Gasteiger partial charge in [-0.05, 0) is 26.0 Å². The first-order valence-electron chi connectivity index (χ1n) is 12.2. The monoisotopic (exact) mass is 474 g/mol. The van der Waals surface area contributed by atoms with Gasteiger partial charge in [0, 0.05) is 44.0 Å². The molecule has 0 radical (unpaired) electrons. The number of rotatable bonds is 5. The average molecular weight is 475 g/mol. The molecule has 0 spiro atoms. The highest BCUT2D eigenvalue weighted by atomic mass is 16.5. The standard InChI is InChI=1S/C26H30N6O3/c1-18-4-3-5-20(16-18)21-6-7-32(29-21)23-17-22(31-10-14-34-15-11-31)24-26(27-23)35-25(28-24)19(2)30-8-12-33-13-9-30/h3-7,16-17,19H,8-15H2,1-2H3. The van der Waals surface area contributed by atoms with Crippen molar-refractivity contribution in [3.8, 4) is 17.1 Å². The van der Waals surface area contributed by atoms with Gasteiger partial charge in [-0.25, -0.2) is 9.67 Å². The summed E-state index contributed by atoms with van der Waals surface area (Å²) in [5.74, 6) is 1.39. The molecule has 0 N–H and O–H groups in total. The molecule has 9 heteroatoms. The highest BCUT2D eigenvalue weighted by molar-refractivity contribution is 5.86. The second kappa shape index (κ2) is 9.41. The molecule has 35 heavy (non-hydrogen) atoms. The van der Waals surface area contributed by atoms with Crippen molar-refractivity contribution in [2.45, 2.75) is 19.9 Å². The first-order chi connectivity index (χ1) is 17.2. The average Bonchev–Trinajstić information content (AvgIpc) is 3.57. The number of aryl methyl sites for hydroxylation is 1. The quantitative estimate of drug-likeness (QED) is 0.434. The Balaban J connectivity index is 1.40. The Hall–Kier alpha value is -3.27. The molecule has 0 bridgehead atoms. The largest absolute Gasteiger partial charge is 0.420 e. The van der Waals surface area contributed by atoms with Crippen molar-refractivity contribution >= 4 is 16.9 Å². The fourth-order valence-corrected chi connectivity index (χ4v) is 4.77. The molecule has 2 fully saturated rings. The molecule has 1 unspecified atom stereocenters. The zero-order valence-electron chi connectivity index (χ0n) is 20.2. The van der Waals surface area contributed by atoms with Crippen molar-refractivity contribution in [3.05, 3.63) is 54.0 Å². The van der Waals surface area contributed by atoms with E-state index in [1.807, 2.05) is 16.9 Å². The normalized spacial score (nSPS) is 18.3. The van der Waals surface area contributed by atoms with Crippen LogP contribution in [0.25, 0.3) is 28.3 Å². The number of ether oxygens (including phenoxy) is 2. The molecular weight excluding hydrogens is 444 g/mol. The summed E-state index contributed by atoms with van der Waals surface area (Å²) in [6.45, 7) is 10.4. The molecule has 2 aliphatic rings. The van der Waals surface area contributed by atoms with Crippen molar-refractivity contribution in [2.75, 3.05) is 57.5 Å². The van der Waals surface area contributed by atoms with Gasteiger partial charge >= 0.3 is 0 Å². The van der Waals surface area contributed by atoms with Crippen LogP contribution < -0.4 is 4.90 Å². The molecule has 6 rings (SSSR count). The van der Waals surface area contributed by atoms with Crippen molar-refractivity contribution < 1.29 is 13.9 Å². The van der Waals surface area contributed by atoms with Crippen LogP contribution in [-0.4, -0.2) is 77.3 Å². The van der Waals surface area contributed by atoms with Crippen molar-refractivity contribution in [1.82, 2.24) is 24.6 Å². The molecule has 1 atom stereocenters. The molecule has 2 saturated heterocycles. The number of pyridine rings is 1. The third-order valence-corrected chi connectivity index (χ3v) is 6.79. The van der Waals surface area contributed by atoms with Gasteiger partial charge in [0.15, 0.2) is 11.3 Å². The number of benzene rings is 1. The maximum Gasteiger partial charge on any atom is 0.251 e. The number of hydrogen-bond donors (Lipinski definition) is 0. The Bertz CT molecular complexity index is 1320. The maximum absolute atomic E-state index is 6.28. The van der Waals surface area contributed by atoms with Gasteiger partial charge in [-0.2, -0.15) is 10.1 Å². The van der Waals surface area contributed by atoms with E-state index in [-0.39, 0.29) is 6.04 Å². The first kappa shape index (κ1) is 22.2. The van der Waals surface area contributed by atoms with Crippen LogP contribution in [0.2, 0.25) is 0 Å². The van der Waals surface area contributed by atoms with E-state index < -0.39 is 0 Å². The molecule has 2 aliphatic heterocycles. The highest BCUT2D eigenvalue weighted by Crippen LogP contribution is 2.32. The van der Waals surface area contributed by atoms with Crippen LogP contribution in [0.15, 0.2) is 47.0 Å². The van der Waals surface area contributed by atoms with Crippen molar-refractivity contribution in [2.24, 2.45) is 0 Å². The number of aromatic nitrogens is 4. The van der Waals surface area contributed by atoms with Gasteiger partial charge < -0.3 is 18.8 Å². The lowest BCUT2D eigenvalue weighted by molar-refractivity contribution is 0.0149. The zero-order valence-corrected chi connectivity index (χ0v) is 20.2. The van der Waals surface area contributed by atoms with Gasteiger partial charge in [0.2, 0.25) is 5.89 Å². The third kappa shape index (κ3) is 4.42. The van der Waals surface area contributed by atoms with Crippen LogP contribution in [0.5, 0.6) is 0 Å². The molecule has 3 aromatic heterocycles. The third-order valence-electron chi connectivity index (χ3n) is 6.79. The Morgan fingerprint density at radius 1 is 0.914 bits per heavy atom. The summed E-state index contributed by atoms with van der Waals surface area (Å²) in [5.41, 5.74) is 5.52. The highest BCUT2D eigenvalue weighted by Gasteiger charge is 2.26. The van der Waals surface area contributed by atoms with Gasteiger partial charge in [-0.1, -0.05) is 23.8 Å². The lowest BCUT2D eigenvalue weighted by Crippen LogP contribution is -2.38. The lowest BCUT2D eigenvalue weighted by Gasteiger charge is -2.30. The van der Waals surface area contributed by atoms with Crippen LogP contribution in [0.4, 0.5) is 5.69 Å². The van der Waals surface area contributed by atoms with Crippen LogP contribution in [0.1, 0.15) is 24.4 Å². The van der Waals surface area contributed by atoms with E-state index in [0.29, 0.717) is 30.6 Å². The van der Waals surface area contributed by atoms with Crippen molar-refractivity contribution in [1.29, 1.82) is 0 Å². The van der Waals surface area contributed by atoms with E-state index in [9.17, 15) is 0 Å². The summed E-state index contributed by atoms with van der Waals surface area (Å²) in [5, 5.41) is 4.83. The Morgan fingerprint density at radius 2 is 1.69 bits per heavy atom. The fraction of sp³-hybridized carbons (Fsp3) is 0.423. The van der Waals surface area contributed by atoms with Crippen molar-refractivity contribution in [3.63, 3.8) is 0 Å². The van der Waals surface area contributed by atoms with E-state index in [2.05, 4.69) is 54.0 Å². The smallest absolute Gasteiger partial charge is 0.251 e. The molecule has 9 nitrogen and oxygen atoms in total. The number of oxazole rings is 1. The topological polar surface area (TPSA) is 81.7 Å². The minimum Gasteiger partial charge on any atom is -0.420 e. The molecule has 5 heterocycles. The van der Waals surface area contributed by atoms with Crippen LogP contribution in [0, 0.1) is 6.92 Å². The maximum atomic E-state index is 6.28. The van der Waals surface area contributed by atoms with E-state index in [1.54, 1.807) is 0 Å². The molecule has 1 aromatic carbocycles. The number of hydrogen-bond acceptors (Lipinski definition) is 8. The Morgan fingerprint density at radius 3 is 2.46 bits per heavy atom. The predicted molar refractivity (Wildman–Crippen MR) is 133 cm³/mol. The lowest BCUT2D eigenvalue weighted by atomic mass is 10.1. The minimum atomic E-state index is 0.0479. The molecular formula is C26H30N6O3. The van der Waals surface area contributed by atoms with Gasteiger partial charge in [-0.15, -0.1) is 0 Å². The molecule has 0 amide bonds. The van der Waals surface area contributed by atoms with E-state index in [0.717, 1.165) is 61.9 Å². The first-order valence-corrected chi connectivity index (χ1v) is 12.2. The summed E-state index contributed by atoms with van der Waals surface area (Å²) in [7, 11) is 0. The van der Waals surface area contributed by atoms with Gasteiger partial charge in [0.05, 0.1) is 43.9 Å². The number of morpholine rings is 2. The van der Waals surface area contributed by atoms with Gasteiger partial charge in [-0.3, -0.25) is 4.90 Å². The Kier molecular flexibility index (Phi) is 5.97. The molecule has 182 valence electrons. The summed E-state index contributed by atoms with van der Waals surface area (Å²) >= 11 is 0. The molecule has 0 saturated carbocycles. The summed E-state index contributed by atoms with van der Waals surface area (Å²) in [4.78, 5) is 14.4. The van der Waals surface area contributed by atoms with E-state index in [1.165, 1.54) is 5.56 Å². The molecule has 0 aliphatic carbocycles. The van der Waals surface area contributed by atoms with E-state index in [4.69, 9.17) is 29.0 Å². The SMILES string of the molecule is Cc1cccc(-c2ccn(-c3cc(N4CCOCC4)c4nc(C(C)N5CCOCC5)oc4n3)n2)c1. The van der Waals surface area contributed by atoms with E-state index >= 15 is 0 Å². The summed E-state index contributed by atoms with van der Waals surface area (Å²) in [6, 6.07) is 12.5. The van der Waals surface area contributed by atoms with Gasteiger partial charge in [0.1, 0.15) is 0 Å². The second-order valence-corrected chi connectivity index (χ2v) is 9.14.